The fourth-order valence-corrected chi connectivity index (χ4v) is 3.02. The first-order valence-electron chi connectivity index (χ1n) is 9.31. The number of amides is 1. The number of carbonyl (C=O) groups excluding carboxylic acids is 1. The molecule has 0 spiro atoms. The molecular weight excluding hydrogens is 344 g/mol. The molecule has 1 N–H and O–H groups in total. The Balaban J connectivity index is 1.53. The summed E-state index contributed by atoms with van der Waals surface area (Å²) in [6.45, 7) is 4.47. The van der Waals surface area contributed by atoms with Crippen LogP contribution in [-0.2, 0) is 0 Å². The van der Waals surface area contributed by atoms with Gasteiger partial charge in [-0.25, -0.2) is 9.97 Å². The quantitative estimate of drug-likeness (QED) is 0.755. The standard InChI is InChI=1S/C20H26N4O3/c1-15-14-18(19(25)24-11-4-3-5-12-24)23-20(22-15)21-10-13-27-17-8-6-16(26-2)7-9-17/h6-9,14H,3-5,10-13H2,1-2H3,(H,21,22,23). The third-order valence-corrected chi connectivity index (χ3v) is 4.43. The van der Waals surface area contributed by atoms with Crippen LogP contribution < -0.4 is 14.8 Å². The minimum Gasteiger partial charge on any atom is -0.497 e. The smallest absolute Gasteiger partial charge is 0.272 e. The van der Waals surface area contributed by atoms with Crippen LogP contribution in [0.5, 0.6) is 11.5 Å². The van der Waals surface area contributed by atoms with Crippen LogP contribution in [0, 0.1) is 6.92 Å². The number of anilines is 1. The third kappa shape index (κ3) is 5.32. The number of benzene rings is 1. The number of likely N-dealkylation sites (tertiary alicyclic amines) is 1. The Hall–Kier alpha value is -2.83. The molecule has 0 aliphatic carbocycles. The fraction of sp³-hybridized carbons (Fsp3) is 0.450. The maximum Gasteiger partial charge on any atom is 0.272 e. The lowest BCUT2D eigenvalue weighted by molar-refractivity contribution is 0.0718. The van der Waals surface area contributed by atoms with E-state index in [0.29, 0.717) is 24.8 Å². The molecule has 7 heteroatoms. The van der Waals surface area contributed by atoms with E-state index in [0.717, 1.165) is 43.1 Å². The summed E-state index contributed by atoms with van der Waals surface area (Å²) in [5, 5.41) is 3.13. The highest BCUT2D eigenvalue weighted by Crippen LogP contribution is 2.17. The number of hydrogen-bond donors (Lipinski definition) is 1. The first-order chi connectivity index (χ1) is 13.2. The number of nitrogens with zero attached hydrogens (tertiary/aromatic N) is 3. The highest BCUT2D eigenvalue weighted by molar-refractivity contribution is 5.92. The van der Waals surface area contributed by atoms with Crippen molar-refractivity contribution in [3.05, 3.63) is 41.7 Å². The molecule has 1 fully saturated rings. The molecule has 1 aliphatic rings. The molecule has 144 valence electrons. The van der Waals surface area contributed by atoms with E-state index in [1.165, 1.54) is 6.42 Å². The largest absolute Gasteiger partial charge is 0.497 e. The summed E-state index contributed by atoms with van der Waals surface area (Å²) in [6, 6.07) is 9.17. The Morgan fingerprint density at radius 1 is 1.11 bits per heavy atom. The predicted octanol–water partition coefficient (Wildman–Crippen LogP) is 2.91. The van der Waals surface area contributed by atoms with Crippen molar-refractivity contribution in [2.45, 2.75) is 26.2 Å². The van der Waals surface area contributed by atoms with E-state index in [1.54, 1.807) is 13.2 Å². The van der Waals surface area contributed by atoms with E-state index < -0.39 is 0 Å². The number of nitrogens with one attached hydrogen (secondary N) is 1. The Morgan fingerprint density at radius 3 is 2.52 bits per heavy atom. The van der Waals surface area contributed by atoms with Crippen molar-refractivity contribution >= 4 is 11.9 Å². The maximum absolute atomic E-state index is 12.6. The van der Waals surface area contributed by atoms with Crippen LogP contribution in [0.15, 0.2) is 30.3 Å². The topological polar surface area (TPSA) is 76.6 Å². The van der Waals surface area contributed by atoms with Crippen LogP contribution in [0.1, 0.15) is 35.4 Å². The third-order valence-electron chi connectivity index (χ3n) is 4.43. The second-order valence-corrected chi connectivity index (χ2v) is 6.52. The maximum atomic E-state index is 12.6. The van der Waals surface area contributed by atoms with Gasteiger partial charge in [-0.05, 0) is 56.5 Å². The molecule has 1 aromatic heterocycles. The Kier molecular flexibility index (Phi) is 6.46. The number of piperidine rings is 1. The first kappa shape index (κ1) is 18.9. The van der Waals surface area contributed by atoms with Crippen molar-refractivity contribution in [2.75, 3.05) is 38.7 Å². The second-order valence-electron chi connectivity index (χ2n) is 6.52. The molecule has 0 unspecified atom stereocenters. The van der Waals surface area contributed by atoms with Gasteiger partial charge in [0.2, 0.25) is 5.95 Å². The van der Waals surface area contributed by atoms with E-state index in [9.17, 15) is 4.79 Å². The molecule has 0 bridgehead atoms. The summed E-state index contributed by atoms with van der Waals surface area (Å²) in [5.41, 5.74) is 1.21. The fourth-order valence-electron chi connectivity index (χ4n) is 3.02. The van der Waals surface area contributed by atoms with Gasteiger partial charge >= 0.3 is 0 Å². The minimum absolute atomic E-state index is 0.0160. The average molecular weight is 370 g/mol. The lowest BCUT2D eigenvalue weighted by Crippen LogP contribution is -2.36. The monoisotopic (exact) mass is 370 g/mol. The normalized spacial score (nSPS) is 13.9. The Bertz CT molecular complexity index is 758. The van der Waals surface area contributed by atoms with Crippen LogP contribution in [0.4, 0.5) is 5.95 Å². The zero-order chi connectivity index (χ0) is 19.1. The molecular formula is C20H26N4O3. The predicted molar refractivity (Wildman–Crippen MR) is 104 cm³/mol. The van der Waals surface area contributed by atoms with Gasteiger partial charge in [0.05, 0.1) is 13.7 Å². The summed E-state index contributed by atoms with van der Waals surface area (Å²) < 4.78 is 10.8. The van der Waals surface area contributed by atoms with Crippen molar-refractivity contribution in [3.63, 3.8) is 0 Å². The van der Waals surface area contributed by atoms with Gasteiger partial charge < -0.3 is 19.7 Å². The number of rotatable bonds is 7. The van der Waals surface area contributed by atoms with E-state index in [-0.39, 0.29) is 5.91 Å². The molecule has 27 heavy (non-hydrogen) atoms. The molecule has 1 saturated heterocycles. The zero-order valence-corrected chi connectivity index (χ0v) is 15.9. The molecule has 0 saturated carbocycles. The van der Waals surface area contributed by atoms with Gasteiger partial charge in [0, 0.05) is 18.8 Å². The van der Waals surface area contributed by atoms with Gasteiger partial charge in [0.15, 0.2) is 0 Å². The molecule has 1 aromatic carbocycles. The van der Waals surface area contributed by atoms with Crippen LogP contribution in [-0.4, -0.2) is 54.1 Å². The number of aryl methyl sites for hydroxylation is 1. The molecule has 7 nitrogen and oxygen atoms in total. The first-order valence-corrected chi connectivity index (χ1v) is 9.31. The molecule has 3 rings (SSSR count). The molecule has 0 radical (unpaired) electrons. The molecule has 2 heterocycles. The van der Waals surface area contributed by atoms with E-state index in [2.05, 4.69) is 15.3 Å². The van der Waals surface area contributed by atoms with Crippen molar-refractivity contribution in [1.82, 2.24) is 14.9 Å². The molecule has 2 aromatic rings. The lowest BCUT2D eigenvalue weighted by Gasteiger charge is -2.26. The Morgan fingerprint density at radius 2 is 1.81 bits per heavy atom. The highest BCUT2D eigenvalue weighted by Gasteiger charge is 2.20. The van der Waals surface area contributed by atoms with Gasteiger partial charge in [-0.1, -0.05) is 0 Å². The van der Waals surface area contributed by atoms with E-state index >= 15 is 0 Å². The summed E-state index contributed by atoms with van der Waals surface area (Å²) in [6.07, 6.45) is 3.31. The zero-order valence-electron chi connectivity index (χ0n) is 15.9. The van der Waals surface area contributed by atoms with Crippen LogP contribution in [0.3, 0.4) is 0 Å². The van der Waals surface area contributed by atoms with Gasteiger partial charge in [-0.2, -0.15) is 0 Å². The molecule has 1 aliphatic heterocycles. The minimum atomic E-state index is -0.0160. The van der Waals surface area contributed by atoms with Gasteiger partial charge in [0.1, 0.15) is 23.8 Å². The SMILES string of the molecule is COc1ccc(OCCNc2nc(C)cc(C(=O)N3CCCCC3)n2)cc1. The highest BCUT2D eigenvalue weighted by atomic mass is 16.5. The van der Waals surface area contributed by atoms with Gasteiger partial charge in [-0.15, -0.1) is 0 Å². The molecule has 1 amide bonds. The van der Waals surface area contributed by atoms with Crippen molar-refractivity contribution in [3.8, 4) is 11.5 Å². The van der Waals surface area contributed by atoms with Gasteiger partial charge in [-0.3, -0.25) is 4.79 Å². The van der Waals surface area contributed by atoms with Crippen molar-refractivity contribution in [2.24, 2.45) is 0 Å². The summed E-state index contributed by atoms with van der Waals surface area (Å²) in [7, 11) is 1.63. The number of aromatic nitrogens is 2. The van der Waals surface area contributed by atoms with Crippen molar-refractivity contribution < 1.29 is 14.3 Å². The van der Waals surface area contributed by atoms with E-state index in [4.69, 9.17) is 9.47 Å². The van der Waals surface area contributed by atoms with Crippen molar-refractivity contribution in [1.29, 1.82) is 0 Å². The number of methoxy groups -OCH3 is 1. The summed E-state index contributed by atoms with van der Waals surface area (Å²) in [4.78, 5) is 23.3. The van der Waals surface area contributed by atoms with Gasteiger partial charge in [0.25, 0.3) is 5.91 Å². The van der Waals surface area contributed by atoms with Crippen LogP contribution >= 0.6 is 0 Å². The summed E-state index contributed by atoms with van der Waals surface area (Å²) in [5.74, 6) is 2.00. The average Bonchev–Trinajstić information content (AvgIpc) is 2.71. The Labute approximate surface area is 159 Å². The van der Waals surface area contributed by atoms with Crippen LogP contribution in [0.2, 0.25) is 0 Å². The second kappa shape index (κ2) is 9.21. The molecule has 0 atom stereocenters. The summed E-state index contributed by atoms with van der Waals surface area (Å²) >= 11 is 0. The lowest BCUT2D eigenvalue weighted by atomic mass is 10.1. The van der Waals surface area contributed by atoms with Crippen LogP contribution in [0.25, 0.3) is 0 Å². The number of hydrogen-bond acceptors (Lipinski definition) is 6. The number of carbonyl (C=O) groups is 1. The van der Waals surface area contributed by atoms with E-state index in [1.807, 2.05) is 36.1 Å². The number of ether oxygens (including phenoxy) is 2.